The van der Waals surface area contributed by atoms with Crippen molar-refractivity contribution in [1.29, 1.82) is 0 Å². The van der Waals surface area contributed by atoms with Crippen LogP contribution in [0.25, 0.3) is 0 Å². The lowest BCUT2D eigenvalue weighted by atomic mass is 10.2. The first-order valence-corrected chi connectivity index (χ1v) is 4.60. The number of hydrogen-bond donors (Lipinski definition) is 1. The van der Waals surface area contributed by atoms with Gasteiger partial charge < -0.3 is 9.84 Å². The van der Waals surface area contributed by atoms with Gasteiger partial charge in [0.2, 0.25) is 0 Å². The molecule has 3 nitrogen and oxygen atoms in total. The van der Waals surface area contributed by atoms with E-state index in [9.17, 15) is 4.79 Å². The normalized spacial score (nSPS) is 9.69. The van der Waals surface area contributed by atoms with E-state index < -0.39 is 5.97 Å². The minimum atomic E-state index is -0.990. The van der Waals surface area contributed by atoms with Crippen molar-refractivity contribution in [3.05, 3.63) is 28.2 Å². The third-order valence-corrected chi connectivity index (χ3v) is 2.15. The van der Waals surface area contributed by atoms with Crippen molar-refractivity contribution in [3.63, 3.8) is 0 Å². The van der Waals surface area contributed by atoms with E-state index >= 15 is 0 Å². The Morgan fingerprint density at radius 3 is 2.85 bits per heavy atom. The van der Waals surface area contributed by atoms with Crippen LogP contribution in [0.15, 0.2) is 22.7 Å². The maximum absolute atomic E-state index is 10.8. The molecule has 1 N–H and O–H groups in total. The highest BCUT2D eigenvalue weighted by atomic mass is 79.9. The number of carboxylic acids is 1. The lowest BCUT2D eigenvalue weighted by Crippen LogP contribution is -2.03. The van der Waals surface area contributed by atoms with Gasteiger partial charge in [0.15, 0.2) is 0 Å². The van der Waals surface area contributed by atoms with Crippen molar-refractivity contribution < 1.29 is 14.6 Å². The number of carboxylic acid groups (broad SMARTS) is 1. The van der Waals surface area contributed by atoms with E-state index in [0.717, 1.165) is 0 Å². The van der Waals surface area contributed by atoms with E-state index in [0.29, 0.717) is 16.8 Å². The van der Waals surface area contributed by atoms with Crippen LogP contribution in [0.2, 0.25) is 0 Å². The van der Waals surface area contributed by atoms with Crippen LogP contribution in [0.5, 0.6) is 5.75 Å². The zero-order chi connectivity index (χ0) is 9.84. The average Bonchev–Trinajstić information content (AvgIpc) is 2.04. The molecule has 0 unspecified atom stereocenters. The Morgan fingerprint density at radius 2 is 2.31 bits per heavy atom. The lowest BCUT2D eigenvalue weighted by molar-refractivity contribution is 0.0691. The Bertz CT molecular complexity index is 323. The number of ether oxygens (including phenoxy) is 1. The van der Waals surface area contributed by atoms with Gasteiger partial charge in [0.05, 0.1) is 6.61 Å². The minimum absolute atomic E-state index is 0.171. The largest absolute Gasteiger partial charge is 0.493 e. The number of halogens is 1. The van der Waals surface area contributed by atoms with Gasteiger partial charge in [-0.15, -0.1) is 0 Å². The quantitative estimate of drug-likeness (QED) is 0.889. The van der Waals surface area contributed by atoms with Crippen LogP contribution >= 0.6 is 15.9 Å². The highest BCUT2D eigenvalue weighted by Crippen LogP contribution is 2.26. The van der Waals surface area contributed by atoms with Crippen molar-refractivity contribution in [2.24, 2.45) is 0 Å². The van der Waals surface area contributed by atoms with Crippen LogP contribution in [0, 0.1) is 0 Å². The summed E-state index contributed by atoms with van der Waals surface area (Å²) in [5.41, 5.74) is 0.171. The van der Waals surface area contributed by atoms with E-state index in [1.807, 2.05) is 6.92 Å². The fraction of sp³-hybridized carbons (Fsp3) is 0.222. The lowest BCUT2D eigenvalue weighted by Gasteiger charge is -2.07. The van der Waals surface area contributed by atoms with Gasteiger partial charge in [-0.2, -0.15) is 0 Å². The molecule has 0 aliphatic carbocycles. The second kappa shape index (κ2) is 4.28. The molecule has 0 aliphatic heterocycles. The van der Waals surface area contributed by atoms with Crippen LogP contribution in [-0.2, 0) is 0 Å². The van der Waals surface area contributed by atoms with Crippen LogP contribution in [-0.4, -0.2) is 17.7 Å². The molecule has 0 saturated carbocycles. The molecule has 70 valence electrons. The molecular formula is C9H9BrO3. The first kappa shape index (κ1) is 10.1. The molecule has 0 fully saturated rings. The maximum Gasteiger partial charge on any atom is 0.340 e. The second-order valence-corrected chi connectivity index (χ2v) is 3.21. The summed E-state index contributed by atoms with van der Waals surface area (Å²) >= 11 is 3.16. The molecule has 0 atom stereocenters. The molecular weight excluding hydrogens is 236 g/mol. The topological polar surface area (TPSA) is 46.5 Å². The van der Waals surface area contributed by atoms with E-state index in [1.54, 1.807) is 18.2 Å². The molecule has 0 radical (unpaired) electrons. The summed E-state index contributed by atoms with van der Waals surface area (Å²) in [5, 5.41) is 8.86. The van der Waals surface area contributed by atoms with Crippen molar-refractivity contribution in [2.45, 2.75) is 6.92 Å². The monoisotopic (exact) mass is 244 g/mol. The average molecular weight is 245 g/mol. The summed E-state index contributed by atoms with van der Waals surface area (Å²) in [5.74, 6) is -0.597. The Morgan fingerprint density at radius 1 is 1.62 bits per heavy atom. The van der Waals surface area contributed by atoms with Crippen LogP contribution in [0.4, 0.5) is 0 Å². The highest BCUT2D eigenvalue weighted by molar-refractivity contribution is 9.10. The standard InChI is InChI=1S/C9H9BrO3/c1-2-13-7-5-3-4-6(10)8(7)9(11)12/h3-5H,2H2,1H3,(H,11,12). The number of aromatic carboxylic acids is 1. The molecule has 1 aromatic carbocycles. The van der Waals surface area contributed by atoms with Gasteiger partial charge in [-0.1, -0.05) is 6.07 Å². The Labute approximate surface area is 84.5 Å². The molecule has 0 bridgehead atoms. The predicted octanol–water partition coefficient (Wildman–Crippen LogP) is 2.55. The van der Waals surface area contributed by atoms with Gasteiger partial charge in [-0.3, -0.25) is 0 Å². The molecule has 13 heavy (non-hydrogen) atoms. The van der Waals surface area contributed by atoms with Crippen molar-refractivity contribution in [1.82, 2.24) is 0 Å². The van der Waals surface area contributed by atoms with Crippen LogP contribution in [0.1, 0.15) is 17.3 Å². The number of carbonyl (C=O) groups is 1. The molecule has 0 aliphatic rings. The highest BCUT2D eigenvalue weighted by Gasteiger charge is 2.14. The van der Waals surface area contributed by atoms with Crippen LogP contribution in [0.3, 0.4) is 0 Å². The molecule has 1 aromatic rings. The molecule has 0 amide bonds. The Hall–Kier alpha value is -1.03. The Kier molecular flexibility index (Phi) is 3.31. The summed E-state index contributed by atoms with van der Waals surface area (Å²) in [7, 11) is 0. The minimum Gasteiger partial charge on any atom is -0.493 e. The van der Waals surface area contributed by atoms with E-state index in [4.69, 9.17) is 9.84 Å². The van der Waals surface area contributed by atoms with Crippen molar-refractivity contribution >= 4 is 21.9 Å². The summed E-state index contributed by atoms with van der Waals surface area (Å²) in [6, 6.07) is 5.05. The fourth-order valence-corrected chi connectivity index (χ4v) is 1.51. The fourth-order valence-electron chi connectivity index (χ4n) is 0.988. The van der Waals surface area contributed by atoms with E-state index in [-0.39, 0.29) is 5.56 Å². The molecule has 0 saturated heterocycles. The molecule has 0 aromatic heterocycles. The van der Waals surface area contributed by atoms with Crippen LogP contribution < -0.4 is 4.74 Å². The third kappa shape index (κ3) is 2.21. The third-order valence-electron chi connectivity index (χ3n) is 1.49. The van der Waals surface area contributed by atoms with Gasteiger partial charge >= 0.3 is 5.97 Å². The maximum atomic E-state index is 10.8. The summed E-state index contributed by atoms with van der Waals surface area (Å²) in [6.45, 7) is 2.27. The SMILES string of the molecule is CCOc1cccc(Br)c1C(=O)O. The predicted molar refractivity (Wildman–Crippen MR) is 52.3 cm³/mol. The summed E-state index contributed by atoms with van der Waals surface area (Å²) in [4.78, 5) is 10.8. The zero-order valence-electron chi connectivity index (χ0n) is 7.08. The Balaban J connectivity index is 3.17. The first-order chi connectivity index (χ1) is 6.16. The van der Waals surface area contributed by atoms with E-state index in [2.05, 4.69) is 15.9 Å². The summed E-state index contributed by atoms with van der Waals surface area (Å²) in [6.07, 6.45) is 0. The zero-order valence-corrected chi connectivity index (χ0v) is 8.67. The van der Waals surface area contributed by atoms with Gasteiger partial charge in [0.1, 0.15) is 11.3 Å². The second-order valence-electron chi connectivity index (χ2n) is 2.35. The first-order valence-electron chi connectivity index (χ1n) is 3.81. The molecule has 1 rings (SSSR count). The number of hydrogen-bond acceptors (Lipinski definition) is 2. The molecule has 0 heterocycles. The number of rotatable bonds is 3. The van der Waals surface area contributed by atoms with Gasteiger partial charge in [0, 0.05) is 4.47 Å². The van der Waals surface area contributed by atoms with Crippen molar-refractivity contribution in [3.8, 4) is 5.75 Å². The van der Waals surface area contributed by atoms with Gasteiger partial charge in [0.25, 0.3) is 0 Å². The van der Waals surface area contributed by atoms with Gasteiger partial charge in [-0.05, 0) is 35.0 Å². The van der Waals surface area contributed by atoms with E-state index in [1.165, 1.54) is 0 Å². The molecule has 4 heteroatoms. The smallest absolute Gasteiger partial charge is 0.340 e. The molecule has 0 spiro atoms. The van der Waals surface area contributed by atoms with Gasteiger partial charge in [-0.25, -0.2) is 4.79 Å². The summed E-state index contributed by atoms with van der Waals surface area (Å²) < 4.78 is 5.70. The number of benzene rings is 1. The van der Waals surface area contributed by atoms with Crippen molar-refractivity contribution in [2.75, 3.05) is 6.61 Å².